The summed E-state index contributed by atoms with van der Waals surface area (Å²) >= 11 is 0. The number of benzene rings is 2. The lowest BCUT2D eigenvalue weighted by Gasteiger charge is -2.23. The van der Waals surface area contributed by atoms with Crippen molar-refractivity contribution in [1.82, 2.24) is 4.48 Å². The van der Waals surface area contributed by atoms with Crippen LogP contribution in [-0.4, -0.2) is 26.2 Å². The summed E-state index contributed by atoms with van der Waals surface area (Å²) in [5.41, 5.74) is 3.60. The van der Waals surface area contributed by atoms with Crippen molar-refractivity contribution in [3.05, 3.63) is 65.7 Å². The summed E-state index contributed by atoms with van der Waals surface area (Å²) in [4.78, 5) is 0. The largest absolute Gasteiger partial charge is 0.388 e. The molecular formula is C19H26NO+. The van der Waals surface area contributed by atoms with E-state index in [2.05, 4.69) is 57.5 Å². The van der Waals surface area contributed by atoms with Crippen molar-refractivity contribution in [2.24, 2.45) is 0 Å². The molecule has 2 heteroatoms. The van der Waals surface area contributed by atoms with Gasteiger partial charge in [0, 0.05) is 0 Å². The van der Waals surface area contributed by atoms with Gasteiger partial charge in [0.25, 0.3) is 0 Å². The van der Waals surface area contributed by atoms with Gasteiger partial charge in [0.2, 0.25) is 0 Å². The third-order valence-corrected chi connectivity index (χ3v) is 3.84. The minimum absolute atomic E-state index is 0.366. The molecule has 0 radical (unpaired) electrons. The second kappa shape index (κ2) is 6.88. The first kappa shape index (κ1) is 15.7. The van der Waals surface area contributed by atoms with Gasteiger partial charge in [-0.3, -0.25) is 4.48 Å². The van der Waals surface area contributed by atoms with Crippen LogP contribution in [0.2, 0.25) is 0 Å². The zero-order chi connectivity index (χ0) is 15.3. The third-order valence-electron chi connectivity index (χ3n) is 3.84. The lowest BCUT2D eigenvalue weighted by molar-refractivity contribution is 0.164. The van der Waals surface area contributed by atoms with Gasteiger partial charge in [-0.1, -0.05) is 42.5 Å². The van der Waals surface area contributed by atoms with E-state index in [0.29, 0.717) is 0 Å². The average Bonchev–Trinajstić information content (AvgIpc) is 2.47. The van der Waals surface area contributed by atoms with Crippen LogP contribution in [0.15, 0.2) is 54.6 Å². The molecule has 2 aromatic rings. The van der Waals surface area contributed by atoms with E-state index in [-0.39, 0.29) is 6.10 Å². The van der Waals surface area contributed by atoms with Crippen LogP contribution in [0.25, 0.3) is 0 Å². The Hall–Kier alpha value is -1.64. The molecule has 1 N–H and O–H groups in total. The first-order valence-electron chi connectivity index (χ1n) is 7.61. The molecule has 0 bridgehead atoms. The van der Waals surface area contributed by atoms with E-state index in [9.17, 15) is 5.11 Å². The maximum absolute atomic E-state index is 10.3. The van der Waals surface area contributed by atoms with Crippen LogP contribution in [0.1, 0.15) is 30.1 Å². The number of rotatable bonds is 6. The number of aryl methyl sites for hydroxylation is 1. The van der Waals surface area contributed by atoms with Gasteiger partial charge >= 0.3 is 0 Å². The molecule has 0 spiro atoms. The predicted octanol–water partition coefficient (Wildman–Crippen LogP) is 3.94. The Morgan fingerprint density at radius 3 is 2.10 bits per heavy atom. The molecular weight excluding hydrogens is 258 g/mol. The second-order valence-corrected chi connectivity index (χ2v) is 6.50. The van der Waals surface area contributed by atoms with Crippen molar-refractivity contribution >= 4 is 5.69 Å². The van der Waals surface area contributed by atoms with Gasteiger partial charge in [-0.2, -0.15) is 0 Å². The zero-order valence-electron chi connectivity index (χ0n) is 13.3. The van der Waals surface area contributed by atoms with Gasteiger partial charge in [0.1, 0.15) is 5.69 Å². The lowest BCUT2D eigenvalue weighted by Crippen LogP contribution is -2.34. The topological polar surface area (TPSA) is 20.2 Å². The Balaban J connectivity index is 1.87. The maximum Gasteiger partial charge on any atom is 0.132 e. The number of hydrogen-bond donors (Lipinski definition) is 1. The van der Waals surface area contributed by atoms with E-state index in [1.807, 2.05) is 18.2 Å². The Labute approximate surface area is 128 Å². The summed E-state index contributed by atoms with van der Waals surface area (Å²) in [6.07, 6.45) is 2.46. The summed E-state index contributed by atoms with van der Waals surface area (Å²) in [6, 6.07) is 18.8. The first-order valence-corrected chi connectivity index (χ1v) is 7.61. The normalized spacial score (nSPS) is 13.1. The Kier molecular flexibility index (Phi) is 5.16. The van der Waals surface area contributed by atoms with Crippen LogP contribution >= 0.6 is 0 Å². The van der Waals surface area contributed by atoms with Crippen LogP contribution in [0.4, 0.5) is 5.69 Å². The van der Waals surface area contributed by atoms with Gasteiger partial charge in [-0.25, -0.2) is 0 Å². The van der Waals surface area contributed by atoms with Gasteiger partial charge < -0.3 is 5.11 Å². The molecule has 1 unspecified atom stereocenters. The number of nitrogens with zero attached hydrogens (tertiary/aromatic N) is 1. The second-order valence-electron chi connectivity index (χ2n) is 6.50. The third kappa shape index (κ3) is 4.69. The number of hydrogen-bond acceptors (Lipinski definition) is 1. The van der Waals surface area contributed by atoms with Crippen LogP contribution in [-0.2, 0) is 6.42 Å². The van der Waals surface area contributed by atoms with Gasteiger partial charge in [0.15, 0.2) is 0 Å². The quantitative estimate of drug-likeness (QED) is 0.797. The molecule has 0 aliphatic heterocycles. The van der Waals surface area contributed by atoms with E-state index >= 15 is 0 Å². The van der Waals surface area contributed by atoms with Gasteiger partial charge in [-0.05, 0) is 42.5 Å². The summed E-state index contributed by atoms with van der Waals surface area (Å²) < 4.78 is 0.796. The maximum atomic E-state index is 10.3. The molecule has 2 aromatic carbocycles. The summed E-state index contributed by atoms with van der Waals surface area (Å²) in [5.74, 6) is 0. The van der Waals surface area contributed by atoms with E-state index in [4.69, 9.17) is 0 Å². The molecule has 112 valence electrons. The van der Waals surface area contributed by atoms with E-state index in [1.54, 1.807) is 0 Å². The molecule has 0 amide bonds. The minimum Gasteiger partial charge on any atom is -0.388 e. The molecule has 1 atom stereocenters. The Morgan fingerprint density at radius 2 is 1.52 bits per heavy atom. The molecule has 0 aliphatic carbocycles. The summed E-state index contributed by atoms with van der Waals surface area (Å²) in [5, 5.41) is 10.3. The zero-order valence-corrected chi connectivity index (χ0v) is 13.3. The highest BCUT2D eigenvalue weighted by Crippen LogP contribution is 2.23. The smallest absolute Gasteiger partial charge is 0.132 e. The van der Waals surface area contributed by atoms with Crippen molar-refractivity contribution in [3.8, 4) is 0 Å². The van der Waals surface area contributed by atoms with Crippen molar-refractivity contribution in [2.75, 3.05) is 21.1 Å². The lowest BCUT2D eigenvalue weighted by atomic mass is 10.0. The van der Waals surface area contributed by atoms with E-state index in [0.717, 1.165) is 29.3 Å². The highest BCUT2D eigenvalue weighted by molar-refractivity contribution is 5.43. The molecule has 0 saturated heterocycles. The highest BCUT2D eigenvalue weighted by Gasteiger charge is 2.13. The molecule has 0 saturated carbocycles. The first-order chi connectivity index (χ1) is 9.97. The average molecular weight is 284 g/mol. The van der Waals surface area contributed by atoms with Crippen molar-refractivity contribution in [1.29, 1.82) is 0 Å². The fourth-order valence-electron chi connectivity index (χ4n) is 2.45. The molecule has 2 nitrogen and oxygen atoms in total. The van der Waals surface area contributed by atoms with Gasteiger partial charge in [0.05, 0.1) is 27.2 Å². The van der Waals surface area contributed by atoms with Gasteiger partial charge in [-0.15, -0.1) is 0 Å². The van der Waals surface area contributed by atoms with Crippen LogP contribution in [0.5, 0.6) is 0 Å². The Morgan fingerprint density at radius 1 is 0.905 bits per heavy atom. The molecule has 0 aliphatic rings. The van der Waals surface area contributed by atoms with Crippen molar-refractivity contribution in [3.63, 3.8) is 0 Å². The molecule has 0 heterocycles. The predicted molar refractivity (Wildman–Crippen MR) is 90.3 cm³/mol. The summed E-state index contributed by atoms with van der Waals surface area (Å²) in [6.45, 7) is 0. The van der Waals surface area contributed by atoms with E-state index < -0.39 is 0 Å². The monoisotopic (exact) mass is 284 g/mol. The van der Waals surface area contributed by atoms with Crippen LogP contribution in [0.3, 0.4) is 0 Å². The fraction of sp³-hybridized carbons (Fsp3) is 0.368. The Bertz CT molecular complexity index is 540. The number of aliphatic hydroxyl groups excluding tert-OH is 1. The van der Waals surface area contributed by atoms with E-state index in [1.165, 1.54) is 11.3 Å². The molecule has 0 fully saturated rings. The number of aliphatic hydroxyl groups is 1. The van der Waals surface area contributed by atoms with Crippen LogP contribution in [0, 0.1) is 0 Å². The summed E-state index contributed by atoms with van der Waals surface area (Å²) in [7, 11) is 6.43. The molecule has 0 aromatic heterocycles. The molecule has 2 rings (SSSR count). The molecule has 21 heavy (non-hydrogen) atoms. The van der Waals surface area contributed by atoms with Crippen LogP contribution < -0.4 is 4.48 Å². The highest BCUT2D eigenvalue weighted by atomic mass is 16.3. The standard InChI is InChI=1S/C19H26NO/c1-20(2,3)18-14-12-17(13-15-18)19(21)11-7-10-16-8-5-4-6-9-16/h4-6,8-9,12-15,19,21H,7,10-11H2,1-3H3/q+1. The number of quaternary nitrogens is 1. The SMILES string of the molecule is C[N+](C)(C)c1ccc(C(O)CCCc2ccccc2)cc1. The fourth-order valence-corrected chi connectivity index (χ4v) is 2.45. The van der Waals surface area contributed by atoms with Crippen molar-refractivity contribution < 1.29 is 5.11 Å². The minimum atomic E-state index is -0.366. The van der Waals surface area contributed by atoms with Crippen molar-refractivity contribution in [2.45, 2.75) is 25.4 Å².